The monoisotopic (exact) mass is 228 g/mol. The van der Waals surface area contributed by atoms with Crippen LogP contribution in [0, 0.1) is 5.92 Å². The fraction of sp³-hybridized carbons (Fsp3) is 0.444. The third kappa shape index (κ3) is 3.09. The molecule has 1 N–H and O–H groups in total. The van der Waals surface area contributed by atoms with Gasteiger partial charge in [0.2, 0.25) is 0 Å². The molecule has 1 atom stereocenters. The topological polar surface area (TPSA) is 72.2 Å². The van der Waals surface area contributed by atoms with E-state index in [0.29, 0.717) is 10.8 Å². The van der Waals surface area contributed by atoms with Crippen molar-refractivity contribution in [1.82, 2.24) is 9.55 Å². The van der Waals surface area contributed by atoms with Crippen LogP contribution < -0.4 is 5.56 Å². The Labute approximate surface area is 91.1 Å². The molecule has 0 saturated carbocycles. The van der Waals surface area contributed by atoms with Gasteiger partial charge in [-0.2, -0.15) is 0 Å². The number of hydrogen-bond acceptors (Lipinski definition) is 4. The molecule has 0 spiro atoms. The van der Waals surface area contributed by atoms with Crippen molar-refractivity contribution in [2.24, 2.45) is 13.0 Å². The van der Waals surface area contributed by atoms with Crippen LogP contribution in [0.3, 0.4) is 0 Å². The summed E-state index contributed by atoms with van der Waals surface area (Å²) in [4.78, 5) is 25.9. The second-order valence-electron chi connectivity index (χ2n) is 3.20. The van der Waals surface area contributed by atoms with E-state index >= 15 is 0 Å². The number of aromatic nitrogens is 2. The fourth-order valence-corrected chi connectivity index (χ4v) is 1.80. The van der Waals surface area contributed by atoms with Crippen LogP contribution >= 0.6 is 11.8 Å². The van der Waals surface area contributed by atoms with Crippen LogP contribution in [0.25, 0.3) is 0 Å². The molecular weight excluding hydrogens is 216 g/mol. The first kappa shape index (κ1) is 11.8. The summed E-state index contributed by atoms with van der Waals surface area (Å²) in [6, 6.07) is 0. The minimum Gasteiger partial charge on any atom is -0.481 e. The first-order valence-corrected chi connectivity index (χ1v) is 5.38. The zero-order valence-corrected chi connectivity index (χ0v) is 9.32. The van der Waals surface area contributed by atoms with Gasteiger partial charge in [0.05, 0.1) is 5.92 Å². The van der Waals surface area contributed by atoms with E-state index < -0.39 is 11.9 Å². The van der Waals surface area contributed by atoms with Gasteiger partial charge in [0.1, 0.15) is 0 Å². The van der Waals surface area contributed by atoms with Gasteiger partial charge in [-0.3, -0.25) is 9.59 Å². The van der Waals surface area contributed by atoms with Gasteiger partial charge < -0.3 is 9.67 Å². The van der Waals surface area contributed by atoms with Gasteiger partial charge in [0.15, 0.2) is 5.03 Å². The molecule has 1 heterocycles. The van der Waals surface area contributed by atoms with Gasteiger partial charge in [-0.05, 0) is 0 Å². The first-order chi connectivity index (χ1) is 7.02. The van der Waals surface area contributed by atoms with Crippen molar-refractivity contribution in [3.63, 3.8) is 0 Å². The van der Waals surface area contributed by atoms with E-state index in [-0.39, 0.29) is 5.56 Å². The summed E-state index contributed by atoms with van der Waals surface area (Å²) in [7, 11) is 1.63. The fourth-order valence-electron chi connectivity index (χ4n) is 0.849. The average Bonchev–Trinajstić information content (AvgIpc) is 2.19. The first-order valence-electron chi connectivity index (χ1n) is 4.39. The molecule has 1 rings (SSSR count). The molecule has 15 heavy (non-hydrogen) atoms. The second kappa shape index (κ2) is 4.97. The normalized spacial score (nSPS) is 12.4. The quantitative estimate of drug-likeness (QED) is 0.764. The lowest BCUT2D eigenvalue weighted by Crippen LogP contribution is -2.20. The van der Waals surface area contributed by atoms with Gasteiger partial charge in [-0.25, -0.2) is 4.98 Å². The zero-order chi connectivity index (χ0) is 11.4. The second-order valence-corrected chi connectivity index (χ2v) is 4.21. The lowest BCUT2D eigenvalue weighted by atomic mass is 10.2. The number of thioether (sulfide) groups is 1. The Bertz CT molecular complexity index is 416. The standard InChI is InChI=1S/C9H12N2O3S/c1-6(9(13)14)5-15-7-8(12)11(2)4-3-10-7/h3-4,6H,5H2,1-2H3,(H,13,14). The SMILES string of the molecule is CC(CSc1nccn(C)c1=O)C(=O)O. The minimum atomic E-state index is -0.866. The molecule has 0 radical (unpaired) electrons. The van der Waals surface area contributed by atoms with Gasteiger partial charge in [0.25, 0.3) is 5.56 Å². The molecule has 1 unspecified atom stereocenters. The third-order valence-electron chi connectivity index (χ3n) is 1.88. The molecule has 0 aliphatic rings. The molecular formula is C9H12N2O3S. The largest absolute Gasteiger partial charge is 0.481 e. The van der Waals surface area contributed by atoms with E-state index in [2.05, 4.69) is 4.98 Å². The van der Waals surface area contributed by atoms with E-state index in [1.165, 1.54) is 22.5 Å². The highest BCUT2D eigenvalue weighted by molar-refractivity contribution is 7.99. The van der Waals surface area contributed by atoms with Crippen molar-refractivity contribution in [3.05, 3.63) is 22.7 Å². The summed E-state index contributed by atoms with van der Waals surface area (Å²) in [5.74, 6) is -1.00. The molecule has 0 aliphatic heterocycles. The van der Waals surface area contributed by atoms with Crippen LogP contribution in [-0.4, -0.2) is 26.4 Å². The van der Waals surface area contributed by atoms with Crippen LogP contribution in [0.5, 0.6) is 0 Å². The molecule has 0 bridgehead atoms. The smallest absolute Gasteiger partial charge is 0.307 e. The van der Waals surface area contributed by atoms with Gasteiger partial charge in [-0.1, -0.05) is 18.7 Å². The van der Waals surface area contributed by atoms with E-state index in [4.69, 9.17) is 5.11 Å². The number of aliphatic carboxylic acids is 1. The predicted molar refractivity (Wildman–Crippen MR) is 57.0 cm³/mol. The highest BCUT2D eigenvalue weighted by atomic mass is 32.2. The third-order valence-corrected chi connectivity index (χ3v) is 3.10. The van der Waals surface area contributed by atoms with Gasteiger partial charge in [0, 0.05) is 25.2 Å². The van der Waals surface area contributed by atoms with Crippen LogP contribution in [0.4, 0.5) is 0 Å². The highest BCUT2D eigenvalue weighted by Crippen LogP contribution is 2.14. The van der Waals surface area contributed by atoms with Crippen LogP contribution in [0.2, 0.25) is 0 Å². The van der Waals surface area contributed by atoms with Crippen molar-refractivity contribution in [3.8, 4) is 0 Å². The van der Waals surface area contributed by atoms with Crippen LogP contribution in [-0.2, 0) is 11.8 Å². The molecule has 0 aliphatic carbocycles. The molecule has 1 aromatic heterocycles. The molecule has 0 amide bonds. The number of aryl methyl sites for hydroxylation is 1. The molecule has 0 fully saturated rings. The van der Waals surface area contributed by atoms with Crippen molar-refractivity contribution >= 4 is 17.7 Å². The predicted octanol–water partition coefficient (Wildman–Crippen LogP) is 0.593. The number of hydrogen-bond donors (Lipinski definition) is 1. The summed E-state index contributed by atoms with van der Waals surface area (Å²) in [5.41, 5.74) is -0.194. The van der Waals surface area contributed by atoms with E-state index in [9.17, 15) is 9.59 Å². The molecule has 5 nitrogen and oxygen atoms in total. The molecule has 82 valence electrons. The Morgan fingerprint density at radius 1 is 1.73 bits per heavy atom. The highest BCUT2D eigenvalue weighted by Gasteiger charge is 2.13. The number of nitrogens with zero attached hydrogens (tertiary/aromatic N) is 2. The molecule has 1 aromatic rings. The molecule has 0 saturated heterocycles. The number of carboxylic acid groups (broad SMARTS) is 1. The summed E-state index contributed by atoms with van der Waals surface area (Å²) in [6.45, 7) is 1.60. The zero-order valence-electron chi connectivity index (χ0n) is 8.51. The Balaban J connectivity index is 2.70. The van der Waals surface area contributed by atoms with Crippen molar-refractivity contribution in [2.45, 2.75) is 11.9 Å². The van der Waals surface area contributed by atoms with Crippen molar-refractivity contribution < 1.29 is 9.90 Å². The minimum absolute atomic E-state index is 0.194. The van der Waals surface area contributed by atoms with Gasteiger partial charge >= 0.3 is 5.97 Å². The van der Waals surface area contributed by atoms with E-state index in [1.807, 2.05) is 0 Å². The lowest BCUT2D eigenvalue weighted by Gasteiger charge is -2.05. The van der Waals surface area contributed by atoms with Crippen LogP contribution in [0.1, 0.15) is 6.92 Å². The van der Waals surface area contributed by atoms with E-state index in [1.54, 1.807) is 20.2 Å². The maximum absolute atomic E-state index is 11.5. The van der Waals surface area contributed by atoms with Crippen molar-refractivity contribution in [2.75, 3.05) is 5.75 Å². The Hall–Kier alpha value is -1.30. The number of carbonyl (C=O) groups is 1. The molecule has 6 heteroatoms. The number of carboxylic acids is 1. The number of rotatable bonds is 4. The summed E-state index contributed by atoms with van der Waals surface area (Å²) in [6.07, 6.45) is 3.09. The van der Waals surface area contributed by atoms with Gasteiger partial charge in [-0.15, -0.1) is 0 Å². The maximum Gasteiger partial charge on any atom is 0.307 e. The van der Waals surface area contributed by atoms with Crippen molar-refractivity contribution in [1.29, 1.82) is 0 Å². The maximum atomic E-state index is 11.5. The Morgan fingerprint density at radius 3 is 3.00 bits per heavy atom. The summed E-state index contributed by atoms with van der Waals surface area (Å²) >= 11 is 1.17. The lowest BCUT2D eigenvalue weighted by molar-refractivity contribution is -0.140. The summed E-state index contributed by atoms with van der Waals surface area (Å²) < 4.78 is 1.42. The van der Waals surface area contributed by atoms with Crippen LogP contribution in [0.15, 0.2) is 22.2 Å². The molecule has 0 aromatic carbocycles. The van der Waals surface area contributed by atoms with E-state index in [0.717, 1.165) is 0 Å². The summed E-state index contributed by atoms with van der Waals surface area (Å²) in [5, 5.41) is 9.01. The Morgan fingerprint density at radius 2 is 2.40 bits per heavy atom. The Kier molecular flexibility index (Phi) is 3.90. The average molecular weight is 228 g/mol.